The second-order valence-corrected chi connectivity index (χ2v) is 3.19. The molecule has 0 amide bonds. The molecule has 1 aromatic heterocycles. The molecule has 60 valence electrons. The Balaban J connectivity index is 2.26. The molecule has 0 fully saturated rings. The van der Waals surface area contributed by atoms with E-state index in [1.165, 1.54) is 5.69 Å². The normalized spacial score (nSPS) is 24.3. The van der Waals surface area contributed by atoms with E-state index in [9.17, 15) is 5.11 Å². The van der Waals surface area contributed by atoms with Crippen molar-refractivity contribution in [1.29, 1.82) is 0 Å². The third-order valence-corrected chi connectivity index (χ3v) is 2.30. The van der Waals surface area contributed by atoms with Gasteiger partial charge < -0.3 is 9.67 Å². The molecule has 2 heteroatoms. The van der Waals surface area contributed by atoms with Crippen LogP contribution in [0.3, 0.4) is 0 Å². The van der Waals surface area contributed by atoms with E-state index in [0.29, 0.717) is 0 Å². The van der Waals surface area contributed by atoms with Crippen LogP contribution in [0.4, 0.5) is 0 Å². The van der Waals surface area contributed by atoms with Gasteiger partial charge in [-0.05, 0) is 25.0 Å². The van der Waals surface area contributed by atoms with E-state index < -0.39 is 0 Å². The number of hydrogen-bond acceptors (Lipinski definition) is 1. The summed E-state index contributed by atoms with van der Waals surface area (Å²) >= 11 is 0. The minimum Gasteiger partial charge on any atom is -0.393 e. The highest BCUT2D eigenvalue weighted by atomic mass is 16.3. The van der Waals surface area contributed by atoms with Crippen molar-refractivity contribution >= 4 is 0 Å². The summed E-state index contributed by atoms with van der Waals surface area (Å²) in [5.74, 6) is 0. The predicted molar refractivity (Wildman–Crippen MR) is 43.4 cm³/mol. The lowest BCUT2D eigenvalue weighted by molar-refractivity contribution is 0.165. The van der Waals surface area contributed by atoms with Crippen LogP contribution in [0.25, 0.3) is 0 Å². The Morgan fingerprint density at radius 2 is 2.45 bits per heavy atom. The van der Waals surface area contributed by atoms with E-state index in [4.69, 9.17) is 0 Å². The molecule has 0 bridgehead atoms. The van der Waals surface area contributed by atoms with Crippen molar-refractivity contribution in [3.8, 4) is 0 Å². The van der Waals surface area contributed by atoms with Gasteiger partial charge >= 0.3 is 0 Å². The molecule has 1 aliphatic rings. The topological polar surface area (TPSA) is 25.2 Å². The maximum Gasteiger partial charge on any atom is 0.0595 e. The number of aromatic nitrogens is 1. The molecule has 0 aliphatic carbocycles. The molecule has 1 aromatic rings. The summed E-state index contributed by atoms with van der Waals surface area (Å²) in [6.07, 6.45) is 4.84. The molecule has 0 saturated heterocycles. The van der Waals surface area contributed by atoms with Crippen LogP contribution in [0.15, 0.2) is 18.3 Å². The van der Waals surface area contributed by atoms with Gasteiger partial charge in [-0.25, -0.2) is 0 Å². The molecule has 0 spiro atoms. The average Bonchev–Trinajstić information content (AvgIpc) is 2.31. The Kier molecular flexibility index (Phi) is 1.70. The van der Waals surface area contributed by atoms with Gasteiger partial charge in [0.1, 0.15) is 0 Å². The summed E-state index contributed by atoms with van der Waals surface area (Å²) in [5.41, 5.74) is 1.27. The molecule has 1 N–H and O–H groups in total. The van der Waals surface area contributed by atoms with Gasteiger partial charge in [-0.3, -0.25) is 0 Å². The highest BCUT2D eigenvalue weighted by Gasteiger charge is 2.12. The summed E-state index contributed by atoms with van der Waals surface area (Å²) in [6, 6.07) is 4.14. The van der Waals surface area contributed by atoms with E-state index in [0.717, 1.165) is 25.8 Å². The Morgan fingerprint density at radius 1 is 1.55 bits per heavy atom. The summed E-state index contributed by atoms with van der Waals surface area (Å²) in [4.78, 5) is 0. The highest BCUT2D eigenvalue weighted by molar-refractivity contribution is 5.09. The van der Waals surface area contributed by atoms with Crippen molar-refractivity contribution in [3.05, 3.63) is 24.0 Å². The lowest BCUT2D eigenvalue weighted by atomic mass is 10.1. The quantitative estimate of drug-likeness (QED) is 0.592. The van der Waals surface area contributed by atoms with E-state index in [-0.39, 0.29) is 6.10 Å². The van der Waals surface area contributed by atoms with Gasteiger partial charge in [0, 0.05) is 24.9 Å². The van der Waals surface area contributed by atoms with Crippen molar-refractivity contribution < 1.29 is 5.11 Å². The largest absolute Gasteiger partial charge is 0.393 e. The zero-order valence-electron chi connectivity index (χ0n) is 6.53. The highest BCUT2D eigenvalue weighted by Crippen LogP contribution is 2.14. The van der Waals surface area contributed by atoms with E-state index in [1.807, 2.05) is 6.07 Å². The van der Waals surface area contributed by atoms with Crippen LogP contribution in [0.2, 0.25) is 0 Å². The first-order chi connectivity index (χ1) is 5.36. The SMILES string of the molecule is OC1CCCn2cccc2C1. The monoisotopic (exact) mass is 151 g/mol. The van der Waals surface area contributed by atoms with Crippen molar-refractivity contribution in [3.63, 3.8) is 0 Å². The van der Waals surface area contributed by atoms with Crippen LogP contribution >= 0.6 is 0 Å². The summed E-state index contributed by atoms with van der Waals surface area (Å²) in [6.45, 7) is 1.07. The Morgan fingerprint density at radius 3 is 3.36 bits per heavy atom. The second kappa shape index (κ2) is 2.70. The van der Waals surface area contributed by atoms with E-state index in [1.54, 1.807) is 0 Å². The first kappa shape index (κ1) is 6.92. The van der Waals surface area contributed by atoms with Crippen molar-refractivity contribution in [2.24, 2.45) is 0 Å². The zero-order valence-corrected chi connectivity index (χ0v) is 6.53. The summed E-state index contributed by atoms with van der Waals surface area (Å²) < 4.78 is 2.23. The van der Waals surface area contributed by atoms with Crippen LogP contribution in [0.5, 0.6) is 0 Å². The number of aliphatic hydroxyl groups excluding tert-OH is 1. The fraction of sp³-hybridized carbons (Fsp3) is 0.556. The Hall–Kier alpha value is -0.760. The number of fused-ring (bicyclic) bond motifs is 1. The summed E-state index contributed by atoms with van der Waals surface area (Å²) in [7, 11) is 0. The second-order valence-electron chi connectivity index (χ2n) is 3.19. The smallest absolute Gasteiger partial charge is 0.0595 e. The third kappa shape index (κ3) is 1.31. The van der Waals surface area contributed by atoms with Crippen LogP contribution in [-0.4, -0.2) is 15.8 Å². The molecule has 1 aliphatic heterocycles. The molecule has 11 heavy (non-hydrogen) atoms. The maximum atomic E-state index is 9.44. The van der Waals surface area contributed by atoms with Crippen LogP contribution in [0, 0.1) is 0 Å². The number of rotatable bonds is 0. The molecule has 0 saturated carbocycles. The van der Waals surface area contributed by atoms with Gasteiger partial charge in [0.2, 0.25) is 0 Å². The van der Waals surface area contributed by atoms with E-state index in [2.05, 4.69) is 16.8 Å². The molecule has 2 nitrogen and oxygen atoms in total. The first-order valence-corrected chi connectivity index (χ1v) is 4.18. The number of nitrogens with zero attached hydrogens (tertiary/aromatic N) is 1. The van der Waals surface area contributed by atoms with Crippen molar-refractivity contribution in [2.75, 3.05) is 0 Å². The maximum absolute atomic E-state index is 9.44. The molecular weight excluding hydrogens is 138 g/mol. The Labute approximate surface area is 66.5 Å². The van der Waals surface area contributed by atoms with Crippen molar-refractivity contribution in [2.45, 2.75) is 31.9 Å². The van der Waals surface area contributed by atoms with E-state index >= 15 is 0 Å². The van der Waals surface area contributed by atoms with Gasteiger partial charge in [-0.1, -0.05) is 0 Å². The minimum absolute atomic E-state index is 0.119. The number of hydrogen-bond donors (Lipinski definition) is 1. The molecular formula is C9H13NO. The molecule has 2 rings (SSSR count). The fourth-order valence-corrected chi connectivity index (χ4v) is 1.69. The molecule has 2 heterocycles. The number of aryl methyl sites for hydroxylation is 1. The van der Waals surface area contributed by atoms with Crippen LogP contribution in [-0.2, 0) is 13.0 Å². The van der Waals surface area contributed by atoms with Gasteiger partial charge in [0.15, 0.2) is 0 Å². The molecule has 0 radical (unpaired) electrons. The standard InChI is InChI=1S/C9H13NO/c11-9-4-2-6-10-5-1-3-8(10)7-9/h1,3,5,9,11H,2,4,6-7H2. The first-order valence-electron chi connectivity index (χ1n) is 4.18. The summed E-state index contributed by atoms with van der Waals surface area (Å²) in [5, 5.41) is 9.44. The minimum atomic E-state index is -0.119. The molecule has 0 aromatic carbocycles. The van der Waals surface area contributed by atoms with Gasteiger partial charge in [0.25, 0.3) is 0 Å². The predicted octanol–water partition coefficient (Wildman–Crippen LogP) is 1.19. The average molecular weight is 151 g/mol. The lowest BCUT2D eigenvalue weighted by Crippen LogP contribution is -2.08. The third-order valence-electron chi connectivity index (χ3n) is 2.30. The Bertz CT molecular complexity index is 241. The fourth-order valence-electron chi connectivity index (χ4n) is 1.69. The lowest BCUT2D eigenvalue weighted by Gasteiger charge is -2.04. The number of aliphatic hydroxyl groups is 1. The van der Waals surface area contributed by atoms with Gasteiger partial charge in [-0.2, -0.15) is 0 Å². The van der Waals surface area contributed by atoms with Crippen molar-refractivity contribution in [1.82, 2.24) is 4.57 Å². The zero-order chi connectivity index (χ0) is 7.68. The van der Waals surface area contributed by atoms with Gasteiger partial charge in [0.05, 0.1) is 6.10 Å². The van der Waals surface area contributed by atoms with Crippen LogP contribution < -0.4 is 0 Å². The molecule has 1 atom stereocenters. The van der Waals surface area contributed by atoms with Gasteiger partial charge in [-0.15, -0.1) is 0 Å². The molecule has 1 unspecified atom stereocenters. The van der Waals surface area contributed by atoms with Crippen LogP contribution in [0.1, 0.15) is 18.5 Å².